The maximum Gasteiger partial charge on any atom is 0.320 e. The Kier molecular flexibility index (Phi) is 2.38. The van der Waals surface area contributed by atoms with Crippen LogP contribution in [-0.4, -0.2) is 22.8 Å². The van der Waals surface area contributed by atoms with E-state index in [2.05, 4.69) is 4.99 Å². The first kappa shape index (κ1) is 7.94. The minimum atomic E-state index is -0.973. The van der Waals surface area contributed by atoms with Crippen molar-refractivity contribution in [1.29, 1.82) is 0 Å². The fourth-order valence-corrected chi connectivity index (χ4v) is 0.877. The minimum Gasteiger partial charge on any atom is -0.480 e. The molecule has 1 aliphatic rings. The maximum atomic E-state index is 10.3. The number of hydrogen-bond acceptors (Lipinski definition) is 3. The van der Waals surface area contributed by atoms with Crippen LogP contribution in [0.5, 0.6) is 0 Å². The first-order valence-electron chi connectivity index (χ1n) is 3.39. The van der Waals surface area contributed by atoms with Gasteiger partial charge in [-0.05, 0) is 0 Å². The monoisotopic (exact) mass is 154 g/mol. The second-order valence-corrected chi connectivity index (χ2v) is 2.43. The van der Waals surface area contributed by atoms with Gasteiger partial charge in [-0.15, -0.1) is 0 Å². The standard InChI is InChI=1S/C7H10N2O2/c8-6(7(10)11)4-5-2-1-3-9-5/h1,3,6H,2,4,8H2,(H,10,11)/t6-/m0/s1. The van der Waals surface area contributed by atoms with Crippen molar-refractivity contribution in [2.75, 3.05) is 0 Å². The topological polar surface area (TPSA) is 75.7 Å². The van der Waals surface area contributed by atoms with Crippen LogP contribution in [0.15, 0.2) is 17.3 Å². The van der Waals surface area contributed by atoms with Crippen LogP contribution in [0.1, 0.15) is 12.8 Å². The lowest BCUT2D eigenvalue weighted by Crippen LogP contribution is -2.32. The molecule has 60 valence electrons. The summed E-state index contributed by atoms with van der Waals surface area (Å²) in [5.74, 6) is -0.973. The largest absolute Gasteiger partial charge is 0.480 e. The summed E-state index contributed by atoms with van der Waals surface area (Å²) < 4.78 is 0. The summed E-state index contributed by atoms with van der Waals surface area (Å²) in [6, 6.07) is -0.811. The Morgan fingerprint density at radius 3 is 3.09 bits per heavy atom. The quantitative estimate of drug-likeness (QED) is 0.607. The van der Waals surface area contributed by atoms with Crippen LogP contribution < -0.4 is 5.73 Å². The molecule has 11 heavy (non-hydrogen) atoms. The molecule has 0 spiro atoms. The SMILES string of the molecule is N[C@@H](CC1=NC=CC1)C(=O)O. The van der Waals surface area contributed by atoms with Gasteiger partial charge in [0.05, 0.1) is 0 Å². The zero-order valence-electron chi connectivity index (χ0n) is 6.03. The Morgan fingerprint density at radius 2 is 2.64 bits per heavy atom. The summed E-state index contributed by atoms with van der Waals surface area (Å²) in [7, 11) is 0. The first-order chi connectivity index (χ1) is 5.20. The van der Waals surface area contributed by atoms with Gasteiger partial charge in [-0.1, -0.05) is 6.08 Å². The molecule has 3 N–H and O–H groups in total. The second-order valence-electron chi connectivity index (χ2n) is 2.43. The molecule has 0 fully saturated rings. The number of nitrogens with two attached hydrogens (primary N) is 1. The van der Waals surface area contributed by atoms with E-state index in [0.717, 1.165) is 12.1 Å². The highest BCUT2D eigenvalue weighted by atomic mass is 16.4. The molecule has 0 aromatic carbocycles. The van der Waals surface area contributed by atoms with E-state index in [-0.39, 0.29) is 0 Å². The Hall–Kier alpha value is -1.16. The lowest BCUT2D eigenvalue weighted by molar-refractivity contribution is -0.138. The summed E-state index contributed by atoms with van der Waals surface area (Å²) in [5, 5.41) is 8.44. The van der Waals surface area contributed by atoms with Crippen LogP contribution in [0, 0.1) is 0 Å². The number of hydrogen-bond donors (Lipinski definition) is 2. The molecule has 1 rings (SSSR count). The fourth-order valence-electron chi connectivity index (χ4n) is 0.877. The number of carboxylic acid groups (broad SMARTS) is 1. The Balaban J connectivity index is 2.37. The molecule has 1 heterocycles. The summed E-state index contributed by atoms with van der Waals surface area (Å²) in [5.41, 5.74) is 6.14. The lowest BCUT2D eigenvalue weighted by atomic mass is 10.1. The van der Waals surface area contributed by atoms with Crippen LogP contribution in [0.3, 0.4) is 0 Å². The highest BCUT2D eigenvalue weighted by Gasteiger charge is 2.14. The second kappa shape index (κ2) is 3.30. The van der Waals surface area contributed by atoms with E-state index in [9.17, 15) is 4.79 Å². The third-order valence-corrected chi connectivity index (χ3v) is 1.49. The van der Waals surface area contributed by atoms with E-state index in [1.165, 1.54) is 0 Å². The predicted octanol–water partition coefficient (Wildman–Crippen LogP) is 0.147. The number of allylic oxidation sites excluding steroid dienone is 1. The number of carbonyl (C=O) groups is 1. The van der Waals surface area contributed by atoms with Crippen molar-refractivity contribution >= 4 is 11.7 Å². The van der Waals surface area contributed by atoms with Crippen molar-refractivity contribution < 1.29 is 9.90 Å². The third-order valence-electron chi connectivity index (χ3n) is 1.49. The molecule has 0 aliphatic carbocycles. The molecule has 4 nitrogen and oxygen atoms in total. The number of carboxylic acids is 1. The number of aliphatic carboxylic acids is 1. The zero-order valence-corrected chi connectivity index (χ0v) is 6.03. The van der Waals surface area contributed by atoms with Gasteiger partial charge in [0.1, 0.15) is 6.04 Å². The highest BCUT2D eigenvalue weighted by Crippen LogP contribution is 2.05. The van der Waals surface area contributed by atoms with E-state index in [0.29, 0.717) is 6.42 Å². The molecular weight excluding hydrogens is 144 g/mol. The first-order valence-corrected chi connectivity index (χ1v) is 3.39. The normalized spacial score (nSPS) is 18.1. The van der Waals surface area contributed by atoms with Crippen molar-refractivity contribution in [2.45, 2.75) is 18.9 Å². The minimum absolute atomic E-state index is 0.350. The molecule has 0 aromatic rings. The number of rotatable bonds is 3. The van der Waals surface area contributed by atoms with Gasteiger partial charge in [-0.25, -0.2) is 0 Å². The van der Waals surface area contributed by atoms with Gasteiger partial charge < -0.3 is 10.8 Å². The van der Waals surface area contributed by atoms with E-state index in [1.54, 1.807) is 6.20 Å². The van der Waals surface area contributed by atoms with Gasteiger partial charge in [0.15, 0.2) is 0 Å². The highest BCUT2D eigenvalue weighted by molar-refractivity contribution is 5.92. The molecule has 0 bridgehead atoms. The van der Waals surface area contributed by atoms with Crippen molar-refractivity contribution in [3.8, 4) is 0 Å². The van der Waals surface area contributed by atoms with Crippen LogP contribution in [-0.2, 0) is 4.79 Å². The summed E-state index contributed by atoms with van der Waals surface area (Å²) >= 11 is 0. The van der Waals surface area contributed by atoms with Gasteiger partial charge in [-0.3, -0.25) is 9.79 Å². The Labute approximate surface area is 64.4 Å². The molecule has 0 saturated carbocycles. The van der Waals surface area contributed by atoms with Crippen LogP contribution in [0.4, 0.5) is 0 Å². The van der Waals surface area contributed by atoms with Crippen LogP contribution in [0.2, 0.25) is 0 Å². The van der Waals surface area contributed by atoms with Gasteiger partial charge in [0.25, 0.3) is 0 Å². The summed E-state index contributed by atoms with van der Waals surface area (Å²) in [6.45, 7) is 0. The number of aliphatic imine (C=N–C) groups is 1. The molecule has 4 heteroatoms. The molecule has 0 aromatic heterocycles. The van der Waals surface area contributed by atoms with Crippen LogP contribution in [0.25, 0.3) is 0 Å². The van der Waals surface area contributed by atoms with Crippen molar-refractivity contribution in [2.24, 2.45) is 10.7 Å². The lowest BCUT2D eigenvalue weighted by Gasteiger charge is -2.04. The zero-order chi connectivity index (χ0) is 8.27. The van der Waals surface area contributed by atoms with E-state index >= 15 is 0 Å². The smallest absolute Gasteiger partial charge is 0.320 e. The molecule has 0 radical (unpaired) electrons. The summed E-state index contributed by atoms with van der Waals surface area (Å²) in [4.78, 5) is 14.2. The van der Waals surface area contributed by atoms with Gasteiger partial charge >= 0.3 is 5.97 Å². The molecule has 0 saturated heterocycles. The maximum absolute atomic E-state index is 10.3. The Morgan fingerprint density at radius 1 is 1.91 bits per heavy atom. The molecule has 0 amide bonds. The van der Waals surface area contributed by atoms with Crippen molar-refractivity contribution in [1.82, 2.24) is 0 Å². The van der Waals surface area contributed by atoms with E-state index in [4.69, 9.17) is 10.8 Å². The van der Waals surface area contributed by atoms with Crippen molar-refractivity contribution in [3.63, 3.8) is 0 Å². The number of nitrogens with zero attached hydrogens (tertiary/aromatic N) is 1. The van der Waals surface area contributed by atoms with Gasteiger partial charge in [0, 0.05) is 24.8 Å². The predicted molar refractivity (Wildman–Crippen MR) is 41.4 cm³/mol. The fraction of sp³-hybridized carbons (Fsp3) is 0.429. The molecule has 1 atom stereocenters. The molecular formula is C7H10N2O2. The summed E-state index contributed by atoms with van der Waals surface area (Å²) in [6.07, 6.45) is 4.64. The van der Waals surface area contributed by atoms with Gasteiger partial charge in [0.2, 0.25) is 0 Å². The average molecular weight is 154 g/mol. The average Bonchev–Trinajstić information content (AvgIpc) is 2.39. The molecule has 0 unspecified atom stereocenters. The van der Waals surface area contributed by atoms with E-state index < -0.39 is 12.0 Å². The third kappa shape index (κ3) is 2.16. The van der Waals surface area contributed by atoms with Crippen LogP contribution >= 0.6 is 0 Å². The van der Waals surface area contributed by atoms with Gasteiger partial charge in [-0.2, -0.15) is 0 Å². The van der Waals surface area contributed by atoms with Crippen molar-refractivity contribution in [3.05, 3.63) is 12.3 Å². The van der Waals surface area contributed by atoms with E-state index in [1.807, 2.05) is 6.08 Å². The molecule has 1 aliphatic heterocycles. The Bertz CT molecular complexity index is 220.